The molecule has 1 rings (SSSR count). The largest absolute Gasteiger partial charge is 0.405 e. The minimum Gasteiger partial charge on any atom is -0.365 e. The van der Waals surface area contributed by atoms with Gasteiger partial charge in [0.2, 0.25) is 0 Å². The Balaban J connectivity index is 2.93. The molecule has 0 aliphatic rings. The first-order chi connectivity index (χ1) is 8.33. The molecule has 0 aromatic carbocycles. The molecule has 102 valence electrons. The van der Waals surface area contributed by atoms with Gasteiger partial charge in [-0.1, -0.05) is 6.92 Å². The Labute approximate surface area is 105 Å². The Morgan fingerprint density at radius 1 is 1.39 bits per heavy atom. The molecule has 1 heterocycles. The fourth-order valence-electron chi connectivity index (χ4n) is 1.68. The van der Waals surface area contributed by atoms with Gasteiger partial charge in [0, 0.05) is 36.7 Å². The second kappa shape index (κ2) is 6.04. The molecule has 0 bridgehead atoms. The lowest BCUT2D eigenvalue weighted by atomic mass is 10.2. The zero-order chi connectivity index (χ0) is 13.8. The summed E-state index contributed by atoms with van der Waals surface area (Å²) in [7, 11) is 1.44. The van der Waals surface area contributed by atoms with Gasteiger partial charge in [-0.15, -0.1) is 0 Å². The highest BCUT2D eigenvalue weighted by molar-refractivity contribution is 5.53. The number of aryl methyl sites for hydroxylation is 1. The molecule has 0 aliphatic heterocycles. The smallest absolute Gasteiger partial charge is 0.365 e. The third-order valence-electron chi connectivity index (χ3n) is 2.49. The molecule has 1 aromatic rings. The molecule has 18 heavy (non-hydrogen) atoms. The third-order valence-corrected chi connectivity index (χ3v) is 2.49. The lowest BCUT2D eigenvalue weighted by Gasteiger charge is -2.24. The van der Waals surface area contributed by atoms with Crippen LogP contribution >= 0.6 is 0 Å². The van der Waals surface area contributed by atoms with E-state index in [1.54, 1.807) is 19.2 Å². The first-order valence-corrected chi connectivity index (χ1v) is 5.77. The molecule has 0 saturated heterocycles. The first-order valence-electron chi connectivity index (χ1n) is 5.77. The van der Waals surface area contributed by atoms with Crippen molar-refractivity contribution in [1.82, 2.24) is 10.3 Å². The van der Waals surface area contributed by atoms with E-state index in [0.29, 0.717) is 17.9 Å². The quantitative estimate of drug-likeness (QED) is 0.882. The molecule has 3 nitrogen and oxygen atoms in total. The van der Waals surface area contributed by atoms with Crippen LogP contribution < -0.4 is 10.2 Å². The number of halogens is 3. The molecule has 6 heteroatoms. The maximum atomic E-state index is 12.4. The van der Waals surface area contributed by atoms with E-state index in [1.165, 1.54) is 11.9 Å². The van der Waals surface area contributed by atoms with Crippen molar-refractivity contribution in [2.24, 2.45) is 0 Å². The van der Waals surface area contributed by atoms with Gasteiger partial charge in [0.05, 0.1) is 0 Å². The Hall–Kier alpha value is -1.30. The topological polar surface area (TPSA) is 28.2 Å². The SMILES string of the molecule is CCNCc1cnc(C)cc1N(C)CC(F)(F)F. The van der Waals surface area contributed by atoms with Crippen molar-refractivity contribution in [1.29, 1.82) is 0 Å². The maximum absolute atomic E-state index is 12.4. The molecule has 1 N–H and O–H groups in total. The molecule has 0 unspecified atom stereocenters. The zero-order valence-corrected chi connectivity index (χ0v) is 10.8. The molecule has 0 atom stereocenters. The van der Waals surface area contributed by atoms with Crippen molar-refractivity contribution >= 4 is 5.69 Å². The highest BCUT2D eigenvalue weighted by Gasteiger charge is 2.30. The summed E-state index contributed by atoms with van der Waals surface area (Å²) in [6.07, 6.45) is -2.58. The summed E-state index contributed by atoms with van der Waals surface area (Å²) in [5, 5.41) is 3.09. The summed E-state index contributed by atoms with van der Waals surface area (Å²) in [5.74, 6) is 0. The second-order valence-corrected chi connectivity index (χ2v) is 4.21. The lowest BCUT2D eigenvalue weighted by Crippen LogP contribution is -2.32. The van der Waals surface area contributed by atoms with Gasteiger partial charge in [-0.2, -0.15) is 13.2 Å². The van der Waals surface area contributed by atoms with Crippen LogP contribution in [0.4, 0.5) is 18.9 Å². The van der Waals surface area contributed by atoms with Crippen molar-refractivity contribution in [3.8, 4) is 0 Å². The number of pyridine rings is 1. The Morgan fingerprint density at radius 2 is 2.06 bits per heavy atom. The number of anilines is 1. The van der Waals surface area contributed by atoms with Gasteiger partial charge < -0.3 is 10.2 Å². The minimum absolute atomic E-state index is 0.515. The van der Waals surface area contributed by atoms with E-state index >= 15 is 0 Å². The van der Waals surface area contributed by atoms with E-state index in [-0.39, 0.29) is 0 Å². The van der Waals surface area contributed by atoms with Crippen molar-refractivity contribution in [3.05, 3.63) is 23.5 Å². The number of alkyl halides is 3. The van der Waals surface area contributed by atoms with Gasteiger partial charge >= 0.3 is 6.18 Å². The summed E-state index contributed by atoms with van der Waals surface area (Å²) in [5.41, 5.74) is 2.05. The predicted octanol–water partition coefficient (Wildman–Crippen LogP) is 2.50. The van der Waals surface area contributed by atoms with Crippen LogP contribution in [0.15, 0.2) is 12.3 Å². The van der Waals surface area contributed by atoms with Gasteiger partial charge in [-0.3, -0.25) is 4.98 Å². The molecule has 0 amide bonds. The normalized spacial score (nSPS) is 11.7. The summed E-state index contributed by atoms with van der Waals surface area (Å²) in [4.78, 5) is 5.33. The summed E-state index contributed by atoms with van der Waals surface area (Å²) >= 11 is 0. The minimum atomic E-state index is -4.21. The van der Waals surface area contributed by atoms with E-state index < -0.39 is 12.7 Å². The second-order valence-electron chi connectivity index (χ2n) is 4.21. The van der Waals surface area contributed by atoms with Crippen LogP contribution in [0.25, 0.3) is 0 Å². The summed E-state index contributed by atoms with van der Waals surface area (Å²) in [6, 6.07) is 1.68. The molecule has 0 radical (unpaired) electrons. The Bertz CT molecular complexity index is 391. The predicted molar refractivity (Wildman–Crippen MR) is 65.7 cm³/mol. The van der Waals surface area contributed by atoms with Gasteiger partial charge in [0.15, 0.2) is 0 Å². The molecular formula is C12H18F3N3. The van der Waals surface area contributed by atoms with Crippen LogP contribution in [0.1, 0.15) is 18.2 Å². The average Bonchev–Trinajstić information content (AvgIpc) is 2.25. The summed E-state index contributed by atoms with van der Waals surface area (Å²) < 4.78 is 37.2. The number of hydrogen-bond donors (Lipinski definition) is 1. The number of rotatable bonds is 5. The van der Waals surface area contributed by atoms with Gasteiger partial charge in [0.1, 0.15) is 6.54 Å². The maximum Gasteiger partial charge on any atom is 0.405 e. The van der Waals surface area contributed by atoms with E-state index in [4.69, 9.17) is 0 Å². The fraction of sp³-hybridized carbons (Fsp3) is 0.583. The van der Waals surface area contributed by atoms with E-state index in [9.17, 15) is 13.2 Å². The highest BCUT2D eigenvalue weighted by Crippen LogP contribution is 2.24. The van der Waals surface area contributed by atoms with Crippen molar-refractivity contribution < 1.29 is 13.2 Å². The molecule has 1 aromatic heterocycles. The first kappa shape index (κ1) is 14.8. The summed E-state index contributed by atoms with van der Waals surface area (Å²) in [6.45, 7) is 4.02. The monoisotopic (exact) mass is 261 g/mol. The van der Waals surface area contributed by atoms with Gasteiger partial charge in [-0.05, 0) is 19.5 Å². The van der Waals surface area contributed by atoms with Crippen LogP contribution in [0.5, 0.6) is 0 Å². The standard InChI is InChI=1S/C12H18F3N3/c1-4-16-6-10-7-17-9(2)5-11(10)18(3)8-12(13,14)15/h5,7,16H,4,6,8H2,1-3H3. The fourth-order valence-corrected chi connectivity index (χ4v) is 1.68. The molecular weight excluding hydrogens is 243 g/mol. The van der Waals surface area contributed by atoms with Crippen molar-refractivity contribution in [2.75, 3.05) is 25.0 Å². The average molecular weight is 261 g/mol. The van der Waals surface area contributed by atoms with Crippen molar-refractivity contribution in [2.45, 2.75) is 26.6 Å². The van der Waals surface area contributed by atoms with Crippen LogP contribution in [-0.4, -0.2) is 31.3 Å². The lowest BCUT2D eigenvalue weighted by molar-refractivity contribution is -0.119. The number of hydrogen-bond acceptors (Lipinski definition) is 3. The zero-order valence-electron chi connectivity index (χ0n) is 10.8. The van der Waals surface area contributed by atoms with Crippen LogP contribution in [0.2, 0.25) is 0 Å². The molecule has 0 spiro atoms. The molecule has 0 aliphatic carbocycles. The number of nitrogens with one attached hydrogen (secondary N) is 1. The van der Waals surface area contributed by atoms with Gasteiger partial charge in [-0.25, -0.2) is 0 Å². The Kier molecular flexibility index (Phi) is 4.95. The van der Waals surface area contributed by atoms with E-state index in [1.807, 2.05) is 6.92 Å². The number of nitrogens with zero attached hydrogens (tertiary/aromatic N) is 2. The van der Waals surface area contributed by atoms with Gasteiger partial charge in [0.25, 0.3) is 0 Å². The van der Waals surface area contributed by atoms with Crippen molar-refractivity contribution in [3.63, 3.8) is 0 Å². The third kappa shape index (κ3) is 4.52. The van der Waals surface area contributed by atoms with Crippen LogP contribution in [0, 0.1) is 6.92 Å². The molecule has 0 saturated carbocycles. The van der Waals surface area contributed by atoms with Crippen LogP contribution in [0.3, 0.4) is 0 Å². The number of aromatic nitrogens is 1. The highest BCUT2D eigenvalue weighted by atomic mass is 19.4. The van der Waals surface area contributed by atoms with E-state index in [0.717, 1.165) is 12.1 Å². The van der Waals surface area contributed by atoms with Crippen LogP contribution in [-0.2, 0) is 6.54 Å². The van der Waals surface area contributed by atoms with E-state index in [2.05, 4.69) is 10.3 Å². The Morgan fingerprint density at radius 3 is 2.61 bits per heavy atom. The molecule has 0 fully saturated rings.